The summed E-state index contributed by atoms with van der Waals surface area (Å²) in [6, 6.07) is 9.26. The smallest absolute Gasteiger partial charge is 0.306 e. The third kappa shape index (κ3) is 7.47. The van der Waals surface area contributed by atoms with Crippen LogP contribution in [-0.2, 0) is 9.53 Å². The Morgan fingerprint density at radius 2 is 1.89 bits per heavy atom. The largest absolute Gasteiger partial charge is 0.491 e. The Labute approximate surface area is 114 Å². The van der Waals surface area contributed by atoms with E-state index in [0.717, 1.165) is 0 Å². The van der Waals surface area contributed by atoms with E-state index >= 15 is 0 Å². The average Bonchev–Trinajstić information content (AvgIpc) is 2.33. The third-order valence-corrected chi connectivity index (χ3v) is 2.29. The van der Waals surface area contributed by atoms with Gasteiger partial charge in [0.2, 0.25) is 0 Å². The minimum Gasteiger partial charge on any atom is -0.491 e. The number of benzene rings is 1. The van der Waals surface area contributed by atoms with Crippen molar-refractivity contribution in [2.75, 3.05) is 6.61 Å². The molecule has 1 atom stereocenters. The molecule has 0 aromatic heterocycles. The lowest BCUT2D eigenvalue weighted by molar-refractivity contribution is -0.155. The molecule has 0 bridgehead atoms. The first-order valence-corrected chi connectivity index (χ1v) is 6.44. The van der Waals surface area contributed by atoms with Crippen LogP contribution in [0.5, 0.6) is 5.75 Å². The highest BCUT2D eigenvalue weighted by Gasteiger charge is 2.17. The zero-order valence-electron chi connectivity index (χ0n) is 11.8. The molecular weight excluding hydrogens is 244 g/mol. The molecule has 0 spiro atoms. The van der Waals surface area contributed by atoms with Gasteiger partial charge in [-0.3, -0.25) is 4.79 Å². The quantitative estimate of drug-likeness (QED) is 0.804. The van der Waals surface area contributed by atoms with Crippen LogP contribution < -0.4 is 4.74 Å². The van der Waals surface area contributed by atoms with Gasteiger partial charge in [0.05, 0.1) is 6.10 Å². The molecule has 1 unspecified atom stereocenters. The Balaban J connectivity index is 2.21. The van der Waals surface area contributed by atoms with Crippen molar-refractivity contribution in [2.45, 2.75) is 45.3 Å². The number of hydrogen-bond donors (Lipinski definition) is 1. The van der Waals surface area contributed by atoms with E-state index in [-0.39, 0.29) is 19.0 Å². The van der Waals surface area contributed by atoms with E-state index in [0.29, 0.717) is 12.2 Å². The Morgan fingerprint density at radius 1 is 1.26 bits per heavy atom. The Kier molecular flexibility index (Phi) is 5.83. The molecule has 0 saturated heterocycles. The molecule has 0 fully saturated rings. The van der Waals surface area contributed by atoms with Gasteiger partial charge in [-0.15, -0.1) is 0 Å². The highest BCUT2D eigenvalue weighted by molar-refractivity contribution is 5.69. The second-order valence-electron chi connectivity index (χ2n) is 5.40. The second kappa shape index (κ2) is 7.14. The third-order valence-electron chi connectivity index (χ3n) is 2.29. The molecule has 19 heavy (non-hydrogen) atoms. The lowest BCUT2D eigenvalue weighted by Gasteiger charge is -2.20. The zero-order valence-corrected chi connectivity index (χ0v) is 11.8. The lowest BCUT2D eigenvalue weighted by Crippen LogP contribution is -2.25. The minimum atomic E-state index is -0.673. The summed E-state index contributed by atoms with van der Waals surface area (Å²) in [4.78, 5) is 11.5. The molecule has 0 amide bonds. The van der Waals surface area contributed by atoms with E-state index in [9.17, 15) is 9.90 Å². The first kappa shape index (κ1) is 15.5. The molecule has 1 rings (SSSR count). The number of carbonyl (C=O) groups excluding carboxylic acids is 1. The molecule has 0 saturated carbocycles. The van der Waals surface area contributed by atoms with Crippen LogP contribution in [-0.4, -0.2) is 29.4 Å². The van der Waals surface area contributed by atoms with Crippen molar-refractivity contribution in [1.82, 2.24) is 0 Å². The predicted octanol–water partition coefficient (Wildman–Crippen LogP) is 2.55. The van der Waals surface area contributed by atoms with Crippen molar-refractivity contribution in [2.24, 2.45) is 0 Å². The number of aliphatic hydroxyl groups is 1. The maximum absolute atomic E-state index is 11.5. The topological polar surface area (TPSA) is 55.8 Å². The molecule has 0 aliphatic heterocycles. The van der Waals surface area contributed by atoms with Crippen molar-refractivity contribution in [3.05, 3.63) is 30.3 Å². The van der Waals surface area contributed by atoms with Crippen LogP contribution in [0.1, 0.15) is 33.6 Å². The van der Waals surface area contributed by atoms with E-state index in [1.54, 1.807) is 0 Å². The Hall–Kier alpha value is -1.55. The van der Waals surface area contributed by atoms with Gasteiger partial charge in [0.25, 0.3) is 0 Å². The molecule has 1 N–H and O–H groups in total. The van der Waals surface area contributed by atoms with Gasteiger partial charge in [-0.2, -0.15) is 0 Å². The number of carbonyl (C=O) groups is 1. The van der Waals surface area contributed by atoms with E-state index in [4.69, 9.17) is 9.47 Å². The molecule has 4 heteroatoms. The van der Waals surface area contributed by atoms with Gasteiger partial charge in [-0.1, -0.05) is 18.2 Å². The molecule has 106 valence electrons. The fraction of sp³-hybridized carbons (Fsp3) is 0.533. The Morgan fingerprint density at radius 3 is 2.47 bits per heavy atom. The van der Waals surface area contributed by atoms with Crippen molar-refractivity contribution in [1.29, 1.82) is 0 Å². The SMILES string of the molecule is CC(C)(C)OC(=O)CCC(O)COc1ccccc1. The number of aliphatic hydroxyl groups excluding tert-OH is 1. The number of esters is 1. The van der Waals surface area contributed by atoms with Gasteiger partial charge in [0.15, 0.2) is 0 Å². The first-order chi connectivity index (χ1) is 8.87. The molecule has 0 aliphatic rings. The maximum Gasteiger partial charge on any atom is 0.306 e. The van der Waals surface area contributed by atoms with Crippen molar-refractivity contribution in [3.8, 4) is 5.75 Å². The number of rotatable bonds is 6. The molecular formula is C15H22O4. The fourth-order valence-corrected chi connectivity index (χ4v) is 1.47. The molecule has 4 nitrogen and oxygen atoms in total. The number of ether oxygens (including phenoxy) is 2. The summed E-state index contributed by atoms with van der Waals surface area (Å²) in [5.74, 6) is 0.407. The standard InChI is InChI=1S/C15H22O4/c1-15(2,3)19-14(17)10-9-12(16)11-18-13-7-5-4-6-8-13/h4-8,12,16H,9-11H2,1-3H3. The number of para-hydroxylation sites is 1. The normalized spacial score (nSPS) is 12.8. The summed E-state index contributed by atoms with van der Waals surface area (Å²) in [6.07, 6.45) is -0.147. The maximum atomic E-state index is 11.5. The lowest BCUT2D eigenvalue weighted by atomic mass is 10.1. The highest BCUT2D eigenvalue weighted by Crippen LogP contribution is 2.12. The second-order valence-corrected chi connectivity index (χ2v) is 5.40. The van der Waals surface area contributed by atoms with Crippen LogP contribution in [0.15, 0.2) is 30.3 Å². The van der Waals surface area contributed by atoms with Crippen molar-refractivity contribution in [3.63, 3.8) is 0 Å². The van der Waals surface area contributed by atoms with E-state index < -0.39 is 11.7 Å². The van der Waals surface area contributed by atoms with Gasteiger partial charge in [-0.05, 0) is 39.3 Å². The van der Waals surface area contributed by atoms with Crippen LogP contribution in [0, 0.1) is 0 Å². The minimum absolute atomic E-state index is 0.173. The zero-order chi connectivity index (χ0) is 14.3. The van der Waals surface area contributed by atoms with Gasteiger partial charge in [0, 0.05) is 6.42 Å². The molecule has 1 aromatic carbocycles. The fourth-order valence-electron chi connectivity index (χ4n) is 1.47. The first-order valence-electron chi connectivity index (χ1n) is 6.44. The van der Waals surface area contributed by atoms with Crippen LogP contribution >= 0.6 is 0 Å². The summed E-state index contributed by atoms with van der Waals surface area (Å²) < 4.78 is 10.6. The van der Waals surface area contributed by atoms with E-state index in [1.165, 1.54) is 0 Å². The molecule has 0 radical (unpaired) electrons. The van der Waals surface area contributed by atoms with E-state index in [1.807, 2.05) is 51.1 Å². The van der Waals surface area contributed by atoms with Gasteiger partial charge < -0.3 is 14.6 Å². The van der Waals surface area contributed by atoms with Crippen molar-refractivity contribution < 1.29 is 19.4 Å². The monoisotopic (exact) mass is 266 g/mol. The molecule has 0 heterocycles. The van der Waals surface area contributed by atoms with Crippen LogP contribution in [0.2, 0.25) is 0 Å². The summed E-state index contributed by atoms with van der Waals surface area (Å²) in [7, 11) is 0. The Bertz CT molecular complexity index is 381. The van der Waals surface area contributed by atoms with Crippen LogP contribution in [0.3, 0.4) is 0 Å². The van der Waals surface area contributed by atoms with Crippen LogP contribution in [0.25, 0.3) is 0 Å². The van der Waals surface area contributed by atoms with Gasteiger partial charge >= 0.3 is 5.97 Å². The van der Waals surface area contributed by atoms with E-state index in [2.05, 4.69) is 0 Å². The van der Waals surface area contributed by atoms with Gasteiger partial charge in [0.1, 0.15) is 18.0 Å². The van der Waals surface area contributed by atoms with Gasteiger partial charge in [-0.25, -0.2) is 0 Å². The van der Waals surface area contributed by atoms with Crippen LogP contribution in [0.4, 0.5) is 0 Å². The number of hydrogen-bond acceptors (Lipinski definition) is 4. The average molecular weight is 266 g/mol. The summed E-state index contributed by atoms with van der Waals surface area (Å²) in [5.41, 5.74) is -0.484. The highest BCUT2D eigenvalue weighted by atomic mass is 16.6. The summed E-state index contributed by atoms with van der Waals surface area (Å²) in [5, 5.41) is 9.72. The molecule has 0 aliphatic carbocycles. The van der Waals surface area contributed by atoms with Crippen molar-refractivity contribution >= 4 is 5.97 Å². The summed E-state index contributed by atoms with van der Waals surface area (Å²) >= 11 is 0. The molecule has 1 aromatic rings. The predicted molar refractivity (Wildman–Crippen MR) is 73.0 cm³/mol. The summed E-state index contributed by atoms with van der Waals surface area (Å²) in [6.45, 7) is 5.63.